The molecule has 0 spiro atoms. The third-order valence-corrected chi connectivity index (χ3v) is 5.93. The summed E-state index contributed by atoms with van der Waals surface area (Å²) >= 11 is 0. The van der Waals surface area contributed by atoms with Gasteiger partial charge in [0, 0.05) is 16.9 Å². The Kier molecular flexibility index (Phi) is 6.18. The molecule has 0 amide bonds. The Balaban J connectivity index is 1.73. The molecule has 0 fully saturated rings. The maximum Gasteiger partial charge on any atom is 0.263 e. The molecule has 5 rings (SSSR count). The van der Waals surface area contributed by atoms with E-state index in [1.807, 2.05) is 61.5 Å². The van der Waals surface area contributed by atoms with Gasteiger partial charge in [0.2, 0.25) is 11.8 Å². The van der Waals surface area contributed by atoms with E-state index in [4.69, 9.17) is 10.5 Å². The minimum Gasteiger partial charge on any atom is -0.480 e. The van der Waals surface area contributed by atoms with Crippen LogP contribution in [0.4, 0.5) is 11.8 Å². The zero-order valence-corrected chi connectivity index (χ0v) is 20.1. The van der Waals surface area contributed by atoms with E-state index in [1.54, 1.807) is 10.8 Å². The average molecular weight is 491 g/mol. The SMILES string of the molecule is COc1cnc(-c2cccc3cc([C@H](C)Nc4nc(N)ncc4C#N)n(-c4ccccc4)c(=O)c23)cn1. The number of aromatic nitrogens is 5. The van der Waals surface area contributed by atoms with Gasteiger partial charge in [-0.2, -0.15) is 10.2 Å². The molecule has 0 saturated heterocycles. The monoisotopic (exact) mass is 490 g/mol. The number of nitrogens with zero attached hydrogens (tertiary/aromatic N) is 6. The second kappa shape index (κ2) is 9.75. The number of nitrogens with one attached hydrogen (secondary N) is 1. The predicted octanol–water partition coefficient (Wildman–Crippen LogP) is 3.87. The van der Waals surface area contributed by atoms with Gasteiger partial charge in [-0.3, -0.25) is 9.36 Å². The summed E-state index contributed by atoms with van der Waals surface area (Å²) in [6.07, 6.45) is 4.47. The smallest absolute Gasteiger partial charge is 0.263 e. The lowest BCUT2D eigenvalue weighted by atomic mass is 10.0. The number of rotatable bonds is 6. The normalized spacial score (nSPS) is 11.6. The number of pyridine rings is 1. The quantitative estimate of drug-likeness (QED) is 0.362. The van der Waals surface area contributed by atoms with Crippen LogP contribution in [0.25, 0.3) is 27.7 Å². The zero-order chi connectivity index (χ0) is 25.9. The molecule has 10 nitrogen and oxygen atoms in total. The molecule has 0 radical (unpaired) electrons. The number of nitrogens with two attached hydrogens (primary N) is 1. The highest BCUT2D eigenvalue weighted by Gasteiger charge is 2.20. The molecular weight excluding hydrogens is 468 g/mol. The molecule has 37 heavy (non-hydrogen) atoms. The van der Waals surface area contributed by atoms with E-state index in [2.05, 4.69) is 31.3 Å². The molecule has 1 atom stereocenters. The summed E-state index contributed by atoms with van der Waals surface area (Å²) < 4.78 is 6.77. The van der Waals surface area contributed by atoms with Crippen LogP contribution in [0.5, 0.6) is 5.88 Å². The molecule has 182 valence electrons. The number of benzene rings is 2. The molecule has 10 heteroatoms. The van der Waals surface area contributed by atoms with Crippen molar-refractivity contribution in [2.45, 2.75) is 13.0 Å². The summed E-state index contributed by atoms with van der Waals surface area (Å²) in [5.41, 5.74) is 8.36. The van der Waals surface area contributed by atoms with Crippen LogP contribution in [0.3, 0.4) is 0 Å². The average Bonchev–Trinajstić information content (AvgIpc) is 2.93. The fourth-order valence-electron chi connectivity index (χ4n) is 4.18. The van der Waals surface area contributed by atoms with Gasteiger partial charge in [0.25, 0.3) is 5.56 Å². The van der Waals surface area contributed by atoms with Crippen LogP contribution >= 0.6 is 0 Å². The highest BCUT2D eigenvalue weighted by atomic mass is 16.5. The summed E-state index contributed by atoms with van der Waals surface area (Å²) in [4.78, 5) is 30.9. The zero-order valence-electron chi connectivity index (χ0n) is 20.1. The van der Waals surface area contributed by atoms with Crippen LogP contribution in [0.15, 0.2) is 78.0 Å². The van der Waals surface area contributed by atoms with Crippen LogP contribution < -0.4 is 21.3 Å². The van der Waals surface area contributed by atoms with Crippen LogP contribution in [0.2, 0.25) is 0 Å². The van der Waals surface area contributed by atoms with Crippen molar-refractivity contribution >= 4 is 22.5 Å². The first-order valence-electron chi connectivity index (χ1n) is 11.4. The number of para-hydroxylation sites is 1. The van der Waals surface area contributed by atoms with Gasteiger partial charge in [-0.05, 0) is 30.5 Å². The Bertz CT molecular complexity index is 1690. The van der Waals surface area contributed by atoms with Crippen molar-refractivity contribution in [1.82, 2.24) is 24.5 Å². The molecule has 0 aliphatic heterocycles. The van der Waals surface area contributed by atoms with Gasteiger partial charge in [0.05, 0.1) is 42.8 Å². The van der Waals surface area contributed by atoms with Gasteiger partial charge in [-0.25, -0.2) is 15.0 Å². The van der Waals surface area contributed by atoms with Crippen LogP contribution in [-0.2, 0) is 0 Å². The molecule has 0 aliphatic carbocycles. The molecule has 3 heterocycles. The van der Waals surface area contributed by atoms with Gasteiger partial charge in [-0.15, -0.1) is 0 Å². The predicted molar refractivity (Wildman–Crippen MR) is 140 cm³/mol. The number of nitrogen functional groups attached to an aromatic ring is 1. The maximum absolute atomic E-state index is 14.2. The van der Waals surface area contributed by atoms with E-state index in [-0.39, 0.29) is 22.9 Å². The Morgan fingerprint density at radius 2 is 1.86 bits per heavy atom. The molecule has 0 saturated carbocycles. The van der Waals surface area contributed by atoms with Gasteiger partial charge < -0.3 is 15.8 Å². The van der Waals surface area contributed by atoms with Gasteiger partial charge in [0.1, 0.15) is 17.5 Å². The van der Waals surface area contributed by atoms with E-state index in [0.717, 1.165) is 5.39 Å². The summed E-state index contributed by atoms with van der Waals surface area (Å²) in [5.74, 6) is 0.713. The lowest BCUT2D eigenvalue weighted by Crippen LogP contribution is -2.26. The number of hydrogen-bond donors (Lipinski definition) is 2. The lowest BCUT2D eigenvalue weighted by Gasteiger charge is -2.22. The molecule has 3 N–H and O–H groups in total. The third-order valence-electron chi connectivity index (χ3n) is 5.93. The number of methoxy groups -OCH3 is 1. The van der Waals surface area contributed by atoms with Crippen LogP contribution in [-0.4, -0.2) is 31.6 Å². The Hall–Kier alpha value is -5.30. The van der Waals surface area contributed by atoms with Crippen molar-refractivity contribution in [3.8, 4) is 28.9 Å². The van der Waals surface area contributed by atoms with Crippen molar-refractivity contribution in [1.29, 1.82) is 5.26 Å². The van der Waals surface area contributed by atoms with Crippen molar-refractivity contribution in [3.63, 3.8) is 0 Å². The third kappa shape index (κ3) is 4.41. The summed E-state index contributed by atoms with van der Waals surface area (Å²) in [6, 6.07) is 18.5. The first-order valence-corrected chi connectivity index (χ1v) is 11.4. The fraction of sp³-hybridized carbons (Fsp3) is 0.111. The number of fused-ring (bicyclic) bond motifs is 1. The molecule has 3 aromatic heterocycles. The Morgan fingerprint density at radius 3 is 2.57 bits per heavy atom. The van der Waals surface area contributed by atoms with Gasteiger partial charge in [0.15, 0.2) is 0 Å². The molecule has 2 aromatic carbocycles. The summed E-state index contributed by atoms with van der Waals surface area (Å²) in [6.45, 7) is 1.89. The summed E-state index contributed by atoms with van der Waals surface area (Å²) in [7, 11) is 1.52. The largest absolute Gasteiger partial charge is 0.480 e. The Morgan fingerprint density at radius 1 is 1.05 bits per heavy atom. The minimum atomic E-state index is -0.428. The van der Waals surface area contributed by atoms with E-state index in [1.165, 1.54) is 19.5 Å². The van der Waals surface area contributed by atoms with Gasteiger partial charge >= 0.3 is 0 Å². The standard InChI is InChI=1S/C27H22N8O2/c1-16(33-25-18(12-28)13-32-27(29)34-25)22-11-17-7-6-10-20(21-14-31-23(37-2)15-30-21)24(17)26(36)35(22)19-8-4-3-5-9-19/h3-11,13-16H,1-2H3,(H3,29,32,33,34)/t16-/m0/s1. The van der Waals surface area contributed by atoms with E-state index >= 15 is 0 Å². The van der Waals surface area contributed by atoms with Crippen molar-refractivity contribution < 1.29 is 4.74 Å². The van der Waals surface area contributed by atoms with Crippen LogP contribution in [0.1, 0.15) is 24.2 Å². The van der Waals surface area contributed by atoms with Crippen LogP contribution in [0, 0.1) is 11.3 Å². The van der Waals surface area contributed by atoms with E-state index in [9.17, 15) is 10.1 Å². The van der Waals surface area contributed by atoms with Crippen molar-refractivity contribution in [2.75, 3.05) is 18.2 Å². The van der Waals surface area contributed by atoms with E-state index in [0.29, 0.717) is 33.9 Å². The first-order chi connectivity index (χ1) is 18.0. The fourth-order valence-corrected chi connectivity index (χ4v) is 4.18. The number of ether oxygens (including phenoxy) is 1. The Labute approximate surface area is 212 Å². The molecule has 0 bridgehead atoms. The van der Waals surface area contributed by atoms with E-state index < -0.39 is 6.04 Å². The second-order valence-electron chi connectivity index (χ2n) is 8.23. The van der Waals surface area contributed by atoms with Crippen molar-refractivity contribution in [3.05, 3.63) is 94.8 Å². The highest BCUT2D eigenvalue weighted by Crippen LogP contribution is 2.29. The first kappa shape index (κ1) is 23.4. The number of hydrogen-bond acceptors (Lipinski definition) is 9. The summed E-state index contributed by atoms with van der Waals surface area (Å²) in [5, 5.41) is 14.0. The second-order valence-corrected chi connectivity index (χ2v) is 8.23. The molecular formula is C27H22N8O2. The number of anilines is 2. The topological polar surface area (TPSA) is 145 Å². The highest BCUT2D eigenvalue weighted by molar-refractivity contribution is 5.95. The lowest BCUT2D eigenvalue weighted by molar-refractivity contribution is 0.396. The van der Waals surface area contributed by atoms with Crippen molar-refractivity contribution in [2.24, 2.45) is 0 Å². The number of nitriles is 1. The molecule has 0 unspecified atom stereocenters. The van der Waals surface area contributed by atoms with Gasteiger partial charge in [-0.1, -0.05) is 36.4 Å². The maximum atomic E-state index is 14.2. The molecule has 5 aromatic rings. The molecule has 0 aliphatic rings. The minimum absolute atomic E-state index is 0.0397.